The molecule has 4 rings (SSSR count). The van der Waals surface area contributed by atoms with E-state index < -0.39 is 0 Å². The molecule has 0 unspecified atom stereocenters. The molecule has 0 radical (unpaired) electrons. The Bertz CT molecular complexity index is 884. The van der Waals surface area contributed by atoms with Gasteiger partial charge in [0.1, 0.15) is 0 Å². The Balaban J connectivity index is 0.000000238. The largest absolute Gasteiger partial charge is 0.405 e. The molecule has 8 nitrogen and oxygen atoms in total. The smallest absolute Gasteiger partial charge is 0.284 e. The molecule has 32 heavy (non-hydrogen) atoms. The highest BCUT2D eigenvalue weighted by Crippen LogP contribution is 2.27. The first-order valence-corrected chi connectivity index (χ1v) is 12.0. The van der Waals surface area contributed by atoms with Crippen LogP contribution >= 0.6 is 11.3 Å². The summed E-state index contributed by atoms with van der Waals surface area (Å²) in [6, 6.07) is 0.400. The maximum atomic E-state index is 12.3. The van der Waals surface area contributed by atoms with E-state index in [9.17, 15) is 9.59 Å². The van der Waals surface area contributed by atoms with Gasteiger partial charge in [-0.2, -0.15) is 0 Å². The molecule has 2 saturated heterocycles. The molecule has 0 bridgehead atoms. The minimum Gasteiger partial charge on any atom is -0.405 e. The average Bonchev–Trinajstić information content (AvgIpc) is 3.55. The van der Waals surface area contributed by atoms with Crippen molar-refractivity contribution in [2.75, 3.05) is 13.2 Å². The number of nitrogens with zero attached hydrogens (tertiary/aromatic N) is 2. The summed E-state index contributed by atoms with van der Waals surface area (Å²) in [6.07, 6.45) is 15.6. The van der Waals surface area contributed by atoms with E-state index in [-0.39, 0.29) is 5.91 Å². The first-order chi connectivity index (χ1) is 15.5. The highest BCUT2D eigenvalue weighted by atomic mass is 32.1. The van der Waals surface area contributed by atoms with Crippen molar-refractivity contribution in [2.45, 2.75) is 64.0 Å². The summed E-state index contributed by atoms with van der Waals surface area (Å²) >= 11 is 1.27. The van der Waals surface area contributed by atoms with Crippen molar-refractivity contribution in [2.24, 2.45) is 11.5 Å². The fraction of sp³-hybridized carbons (Fsp3) is 0.522. The van der Waals surface area contributed by atoms with Crippen molar-refractivity contribution in [3.8, 4) is 0 Å². The number of likely N-dealkylation sites (tertiary alicyclic amines) is 1. The standard InChI is InChI=1S/C16H22N4OS.C7H11NO2/c1-11(12-6-3-2-4-7-12)20-15(21)16-19-10-14(22-16)13(18)8-5-9-17;9-5-8-3-1-7-6(8)2-4-10-7/h5,8-10H,2-4,6-7,17-18H2,1H3,(H,20,21);5-7H,1-4H2/b9-5-,13-8-;/t;6-,7-/m.1/s1. The number of nitrogens with two attached hydrogens (primary N) is 2. The molecule has 0 aromatic carbocycles. The zero-order valence-corrected chi connectivity index (χ0v) is 19.4. The van der Waals surface area contributed by atoms with Crippen LogP contribution in [0.15, 0.2) is 35.8 Å². The minimum atomic E-state index is -0.172. The number of ether oxygens (including phenoxy) is 1. The zero-order chi connectivity index (χ0) is 22.9. The third-order valence-corrected chi connectivity index (χ3v) is 7.11. The Labute approximate surface area is 193 Å². The lowest BCUT2D eigenvalue weighted by Crippen LogP contribution is -2.30. The second kappa shape index (κ2) is 11.8. The quantitative estimate of drug-likeness (QED) is 0.459. The van der Waals surface area contributed by atoms with E-state index in [1.807, 2.05) is 11.8 Å². The summed E-state index contributed by atoms with van der Waals surface area (Å²) in [4.78, 5) is 29.4. The van der Waals surface area contributed by atoms with Crippen LogP contribution in [0.3, 0.4) is 0 Å². The average molecular weight is 460 g/mol. The van der Waals surface area contributed by atoms with Crippen molar-refractivity contribution in [1.82, 2.24) is 15.2 Å². The molecule has 2 atom stereocenters. The third-order valence-electron chi connectivity index (χ3n) is 6.07. The lowest BCUT2D eigenvalue weighted by atomic mass is 9.93. The predicted octanol–water partition coefficient (Wildman–Crippen LogP) is 2.89. The van der Waals surface area contributed by atoms with E-state index >= 15 is 0 Å². The van der Waals surface area contributed by atoms with E-state index in [4.69, 9.17) is 16.2 Å². The summed E-state index contributed by atoms with van der Waals surface area (Å²) in [5.41, 5.74) is 14.0. The van der Waals surface area contributed by atoms with Gasteiger partial charge in [-0.3, -0.25) is 9.59 Å². The monoisotopic (exact) mass is 459 g/mol. The maximum absolute atomic E-state index is 12.3. The van der Waals surface area contributed by atoms with Crippen LogP contribution in [0.25, 0.3) is 5.70 Å². The second-order valence-electron chi connectivity index (χ2n) is 8.18. The number of carbonyl (C=O) groups is 2. The van der Waals surface area contributed by atoms with Gasteiger partial charge in [0.25, 0.3) is 5.91 Å². The van der Waals surface area contributed by atoms with Gasteiger partial charge in [0.15, 0.2) is 5.01 Å². The van der Waals surface area contributed by atoms with Crippen LogP contribution in [-0.2, 0) is 9.53 Å². The molecule has 1 aromatic rings. The molecule has 2 amide bonds. The number of nitrogens with one attached hydrogen (secondary N) is 1. The number of hydrogen-bond acceptors (Lipinski definition) is 7. The van der Waals surface area contributed by atoms with Gasteiger partial charge >= 0.3 is 0 Å². The molecule has 3 aliphatic rings. The molecular formula is C23H33N5O3S. The number of hydrogen-bond donors (Lipinski definition) is 3. The molecule has 1 aliphatic carbocycles. The van der Waals surface area contributed by atoms with Crippen LogP contribution in [0, 0.1) is 0 Å². The number of amides is 2. The van der Waals surface area contributed by atoms with Crippen LogP contribution in [-0.4, -0.2) is 47.5 Å². The molecule has 1 aromatic heterocycles. The summed E-state index contributed by atoms with van der Waals surface area (Å²) in [5.74, 6) is -0.172. The van der Waals surface area contributed by atoms with Gasteiger partial charge < -0.3 is 26.4 Å². The summed E-state index contributed by atoms with van der Waals surface area (Å²) in [6.45, 7) is 3.69. The molecule has 5 N–H and O–H groups in total. The van der Waals surface area contributed by atoms with Gasteiger partial charge in [-0.1, -0.05) is 12.0 Å². The maximum Gasteiger partial charge on any atom is 0.284 e. The van der Waals surface area contributed by atoms with Gasteiger partial charge in [-0.05, 0) is 63.8 Å². The van der Waals surface area contributed by atoms with Gasteiger partial charge in [0.05, 0.1) is 22.7 Å². The summed E-state index contributed by atoms with van der Waals surface area (Å²) in [7, 11) is 0. The van der Waals surface area contributed by atoms with Crippen molar-refractivity contribution in [3.05, 3.63) is 45.7 Å². The van der Waals surface area contributed by atoms with Crippen LogP contribution in [0.4, 0.5) is 0 Å². The fourth-order valence-electron chi connectivity index (χ4n) is 4.28. The molecule has 9 heteroatoms. The lowest BCUT2D eigenvalue weighted by Gasteiger charge is -2.17. The fourth-order valence-corrected chi connectivity index (χ4v) is 5.03. The van der Waals surface area contributed by atoms with E-state index in [1.165, 1.54) is 42.4 Å². The number of carbonyl (C=O) groups excluding carboxylic acids is 2. The molecule has 1 saturated carbocycles. The zero-order valence-electron chi connectivity index (χ0n) is 18.6. The molecule has 3 fully saturated rings. The Morgan fingerprint density at radius 2 is 2.09 bits per heavy atom. The van der Waals surface area contributed by atoms with Gasteiger partial charge in [0.2, 0.25) is 6.41 Å². The van der Waals surface area contributed by atoms with E-state index in [2.05, 4.69) is 10.3 Å². The third kappa shape index (κ3) is 6.20. The molecule has 2 aliphatic heterocycles. The number of allylic oxidation sites excluding steroid dienone is 4. The highest BCUT2D eigenvalue weighted by Gasteiger charge is 2.37. The van der Waals surface area contributed by atoms with Crippen molar-refractivity contribution >= 4 is 29.4 Å². The number of rotatable bonds is 5. The van der Waals surface area contributed by atoms with E-state index in [0.717, 1.165) is 55.8 Å². The van der Waals surface area contributed by atoms with E-state index in [1.54, 1.807) is 18.3 Å². The van der Waals surface area contributed by atoms with Gasteiger partial charge in [-0.25, -0.2) is 4.98 Å². The van der Waals surface area contributed by atoms with Gasteiger partial charge in [0, 0.05) is 25.0 Å². The SMILES string of the molecule is CC(NC(=O)c1ncc(/C(N)=C/C=C\N)s1)=C1CCCCC1.O=CN1CC[C@H]2OCC[C@H]21. The normalized spacial score (nSPS) is 23.0. The first-order valence-electron chi connectivity index (χ1n) is 11.2. The van der Waals surface area contributed by atoms with Crippen LogP contribution in [0.2, 0.25) is 0 Å². The first kappa shape index (κ1) is 24.0. The number of fused-ring (bicyclic) bond motifs is 1. The minimum absolute atomic E-state index is 0.172. The Kier molecular flexibility index (Phi) is 8.87. The molecule has 0 spiro atoms. The van der Waals surface area contributed by atoms with Crippen LogP contribution in [0.1, 0.15) is 66.5 Å². The Morgan fingerprint density at radius 1 is 1.31 bits per heavy atom. The molecular weight excluding hydrogens is 426 g/mol. The van der Waals surface area contributed by atoms with Crippen molar-refractivity contribution < 1.29 is 14.3 Å². The summed E-state index contributed by atoms with van der Waals surface area (Å²) in [5, 5.41) is 3.37. The topological polar surface area (TPSA) is 124 Å². The van der Waals surface area contributed by atoms with Crippen molar-refractivity contribution in [1.29, 1.82) is 0 Å². The predicted molar refractivity (Wildman–Crippen MR) is 126 cm³/mol. The Hall–Kier alpha value is -2.65. The summed E-state index contributed by atoms with van der Waals surface area (Å²) < 4.78 is 5.41. The number of aromatic nitrogens is 1. The number of thiazole rings is 1. The lowest BCUT2D eigenvalue weighted by molar-refractivity contribution is -0.118. The van der Waals surface area contributed by atoms with E-state index in [0.29, 0.717) is 22.9 Å². The molecule has 3 heterocycles. The van der Waals surface area contributed by atoms with Gasteiger partial charge in [-0.15, -0.1) is 11.3 Å². The Morgan fingerprint density at radius 3 is 2.81 bits per heavy atom. The molecule has 174 valence electrons. The van der Waals surface area contributed by atoms with Crippen molar-refractivity contribution in [3.63, 3.8) is 0 Å². The van der Waals surface area contributed by atoms with Crippen LogP contribution in [0.5, 0.6) is 0 Å². The highest BCUT2D eigenvalue weighted by molar-refractivity contribution is 7.14. The second-order valence-corrected chi connectivity index (χ2v) is 9.21. The van der Waals surface area contributed by atoms with Crippen LogP contribution < -0.4 is 16.8 Å².